The maximum Gasteiger partial charge on any atom is 0.226 e. The number of aromatic nitrogens is 2. The van der Waals surface area contributed by atoms with Crippen LogP contribution >= 0.6 is 0 Å². The van der Waals surface area contributed by atoms with E-state index in [2.05, 4.69) is 10.3 Å². The molecule has 0 unspecified atom stereocenters. The van der Waals surface area contributed by atoms with Crippen LogP contribution in [-0.2, 0) is 4.79 Å². The molecule has 0 bridgehead atoms. The summed E-state index contributed by atoms with van der Waals surface area (Å²) in [7, 11) is 1.45. The summed E-state index contributed by atoms with van der Waals surface area (Å²) in [4.78, 5) is 16.6. The lowest BCUT2D eigenvalue weighted by Gasteiger charge is -2.23. The molecule has 3 aromatic rings. The summed E-state index contributed by atoms with van der Waals surface area (Å²) < 4.78 is 33.6. The number of hydrogen-bond acceptors (Lipinski definition) is 4. The van der Waals surface area contributed by atoms with Crippen molar-refractivity contribution >= 4 is 11.7 Å². The fraction of sp³-hybridized carbons (Fsp3) is 0.158. The van der Waals surface area contributed by atoms with Gasteiger partial charge in [-0.05, 0) is 29.8 Å². The highest BCUT2D eigenvalue weighted by atomic mass is 19.1. The lowest BCUT2D eigenvalue weighted by Crippen LogP contribution is -2.25. The standard InChI is InChI=1S/C19H15F2N3O3/c1-27-16-3-2-10(4-15(16)25)14-8-17(26)23-19-18(14)22-9-24(19)13-6-11(20)5-12(21)7-13/h2-7,9,14,25H,8H2,1H3,(H,23,26)/t14-/m1/s1. The molecule has 1 aliphatic heterocycles. The number of nitrogens with zero attached hydrogens (tertiary/aromatic N) is 2. The molecular weight excluding hydrogens is 356 g/mol. The normalized spacial score (nSPS) is 16.0. The molecule has 0 saturated heterocycles. The van der Waals surface area contributed by atoms with Crippen LogP contribution in [0.1, 0.15) is 23.6 Å². The fourth-order valence-corrected chi connectivity index (χ4v) is 3.28. The van der Waals surface area contributed by atoms with Crippen LogP contribution in [0, 0.1) is 11.6 Å². The molecule has 0 aliphatic carbocycles. The lowest BCUT2D eigenvalue weighted by atomic mass is 9.89. The van der Waals surface area contributed by atoms with E-state index in [1.165, 1.54) is 24.1 Å². The quantitative estimate of drug-likeness (QED) is 0.740. The second-order valence-electron chi connectivity index (χ2n) is 6.21. The monoisotopic (exact) mass is 371 g/mol. The summed E-state index contributed by atoms with van der Waals surface area (Å²) in [5.74, 6) is -1.52. The number of nitrogens with one attached hydrogen (secondary N) is 1. The third kappa shape index (κ3) is 2.99. The van der Waals surface area contributed by atoms with Crippen molar-refractivity contribution in [2.75, 3.05) is 12.4 Å². The Morgan fingerprint density at radius 3 is 2.63 bits per heavy atom. The number of hydrogen-bond donors (Lipinski definition) is 2. The zero-order chi connectivity index (χ0) is 19.1. The van der Waals surface area contributed by atoms with Crippen molar-refractivity contribution in [3.8, 4) is 17.2 Å². The molecule has 1 aromatic heterocycles. The van der Waals surface area contributed by atoms with Crippen LogP contribution in [0.2, 0.25) is 0 Å². The maximum absolute atomic E-state index is 13.6. The lowest BCUT2D eigenvalue weighted by molar-refractivity contribution is -0.116. The molecule has 2 aromatic carbocycles. The molecule has 2 N–H and O–H groups in total. The van der Waals surface area contributed by atoms with Gasteiger partial charge in [0.2, 0.25) is 5.91 Å². The first-order chi connectivity index (χ1) is 13.0. The van der Waals surface area contributed by atoms with E-state index in [4.69, 9.17) is 4.74 Å². The van der Waals surface area contributed by atoms with Crippen molar-refractivity contribution in [2.24, 2.45) is 0 Å². The molecule has 8 heteroatoms. The number of methoxy groups -OCH3 is 1. The van der Waals surface area contributed by atoms with Crippen molar-refractivity contribution in [3.63, 3.8) is 0 Å². The molecule has 0 saturated carbocycles. The number of fused-ring (bicyclic) bond motifs is 1. The number of phenolic OH excluding ortho intramolecular Hbond substituents is 1. The predicted octanol–water partition coefficient (Wildman–Crippen LogP) is 3.34. The number of carbonyl (C=O) groups is 1. The number of carbonyl (C=O) groups excluding carboxylic acids is 1. The van der Waals surface area contributed by atoms with Crippen molar-refractivity contribution in [3.05, 3.63) is 65.6 Å². The van der Waals surface area contributed by atoms with Gasteiger partial charge in [-0.25, -0.2) is 13.8 Å². The van der Waals surface area contributed by atoms with Gasteiger partial charge in [-0.2, -0.15) is 0 Å². The minimum absolute atomic E-state index is 0.0471. The maximum atomic E-state index is 13.6. The van der Waals surface area contributed by atoms with Gasteiger partial charge in [0.15, 0.2) is 11.5 Å². The van der Waals surface area contributed by atoms with E-state index in [0.717, 1.165) is 18.2 Å². The number of halogens is 2. The van der Waals surface area contributed by atoms with Crippen LogP contribution < -0.4 is 10.1 Å². The van der Waals surface area contributed by atoms with Gasteiger partial charge in [0.05, 0.1) is 18.5 Å². The van der Waals surface area contributed by atoms with Gasteiger partial charge in [-0.15, -0.1) is 0 Å². The summed E-state index contributed by atoms with van der Waals surface area (Å²) in [5.41, 5.74) is 1.43. The average Bonchev–Trinajstić information content (AvgIpc) is 3.03. The minimum Gasteiger partial charge on any atom is -0.504 e. The van der Waals surface area contributed by atoms with Crippen molar-refractivity contribution in [1.29, 1.82) is 0 Å². The molecule has 0 spiro atoms. The summed E-state index contributed by atoms with van der Waals surface area (Å²) in [6, 6.07) is 7.95. The number of ether oxygens (including phenoxy) is 1. The predicted molar refractivity (Wildman–Crippen MR) is 93.2 cm³/mol. The molecule has 138 valence electrons. The van der Waals surface area contributed by atoms with Crippen LogP contribution in [0.3, 0.4) is 0 Å². The number of phenols is 1. The molecule has 4 rings (SSSR count). The second-order valence-corrected chi connectivity index (χ2v) is 6.21. The number of amides is 1. The smallest absolute Gasteiger partial charge is 0.226 e. The first-order valence-electron chi connectivity index (χ1n) is 8.16. The Balaban J connectivity index is 1.81. The third-order valence-electron chi connectivity index (χ3n) is 4.50. The van der Waals surface area contributed by atoms with Crippen LogP contribution in [0.4, 0.5) is 14.6 Å². The van der Waals surface area contributed by atoms with E-state index in [1.54, 1.807) is 12.1 Å². The van der Waals surface area contributed by atoms with E-state index in [-0.39, 0.29) is 23.8 Å². The number of imidazole rings is 1. The SMILES string of the molecule is COc1ccc([C@H]2CC(=O)Nc3c2ncn3-c2cc(F)cc(F)c2)cc1O. The van der Waals surface area contributed by atoms with E-state index >= 15 is 0 Å². The van der Waals surface area contributed by atoms with Crippen LogP contribution in [-0.4, -0.2) is 27.7 Å². The fourth-order valence-electron chi connectivity index (χ4n) is 3.28. The van der Waals surface area contributed by atoms with Gasteiger partial charge in [-0.1, -0.05) is 6.07 Å². The topological polar surface area (TPSA) is 76.4 Å². The van der Waals surface area contributed by atoms with Crippen molar-refractivity contribution < 1.29 is 23.4 Å². The van der Waals surface area contributed by atoms with Gasteiger partial charge < -0.3 is 15.2 Å². The first-order valence-corrected chi connectivity index (χ1v) is 8.16. The van der Waals surface area contributed by atoms with Gasteiger partial charge in [0.1, 0.15) is 23.8 Å². The molecule has 6 nitrogen and oxygen atoms in total. The Hall–Kier alpha value is -3.42. The van der Waals surface area contributed by atoms with Crippen molar-refractivity contribution in [1.82, 2.24) is 9.55 Å². The van der Waals surface area contributed by atoms with Crippen LogP contribution in [0.25, 0.3) is 5.69 Å². The Labute approximate surface area is 153 Å². The first kappa shape index (κ1) is 17.0. The van der Waals surface area contributed by atoms with E-state index in [1.807, 2.05) is 0 Å². The number of benzene rings is 2. The van der Waals surface area contributed by atoms with Crippen LogP contribution in [0.5, 0.6) is 11.5 Å². The zero-order valence-corrected chi connectivity index (χ0v) is 14.2. The van der Waals surface area contributed by atoms with E-state index in [0.29, 0.717) is 22.8 Å². The number of rotatable bonds is 3. The van der Waals surface area contributed by atoms with E-state index in [9.17, 15) is 18.7 Å². The Morgan fingerprint density at radius 2 is 1.96 bits per heavy atom. The number of aromatic hydroxyl groups is 1. The van der Waals surface area contributed by atoms with Gasteiger partial charge in [0, 0.05) is 18.4 Å². The molecule has 0 fully saturated rings. The Morgan fingerprint density at radius 1 is 1.22 bits per heavy atom. The number of anilines is 1. The molecule has 1 amide bonds. The Kier molecular flexibility index (Phi) is 4.02. The average molecular weight is 371 g/mol. The zero-order valence-electron chi connectivity index (χ0n) is 14.2. The van der Waals surface area contributed by atoms with Crippen molar-refractivity contribution in [2.45, 2.75) is 12.3 Å². The summed E-state index contributed by atoms with van der Waals surface area (Å²) in [6.07, 6.45) is 1.54. The largest absolute Gasteiger partial charge is 0.504 e. The highest BCUT2D eigenvalue weighted by Gasteiger charge is 2.31. The Bertz CT molecular complexity index is 1030. The highest BCUT2D eigenvalue weighted by molar-refractivity contribution is 5.94. The molecular formula is C19H15F2N3O3. The molecule has 1 aliphatic rings. The summed E-state index contributed by atoms with van der Waals surface area (Å²) >= 11 is 0. The molecule has 0 radical (unpaired) electrons. The van der Waals surface area contributed by atoms with Gasteiger partial charge >= 0.3 is 0 Å². The van der Waals surface area contributed by atoms with Gasteiger partial charge in [-0.3, -0.25) is 9.36 Å². The molecule has 2 heterocycles. The molecule has 1 atom stereocenters. The van der Waals surface area contributed by atoms with Gasteiger partial charge in [0.25, 0.3) is 0 Å². The summed E-state index contributed by atoms with van der Waals surface area (Å²) in [5, 5.41) is 12.8. The van der Waals surface area contributed by atoms with Crippen LogP contribution in [0.15, 0.2) is 42.7 Å². The molecule has 27 heavy (non-hydrogen) atoms. The minimum atomic E-state index is -0.730. The summed E-state index contributed by atoms with van der Waals surface area (Å²) in [6.45, 7) is 0. The highest BCUT2D eigenvalue weighted by Crippen LogP contribution is 2.39. The van der Waals surface area contributed by atoms with E-state index < -0.39 is 17.6 Å². The second kappa shape index (κ2) is 6.39. The third-order valence-corrected chi connectivity index (χ3v) is 4.50.